The van der Waals surface area contributed by atoms with Crippen LogP contribution in [0.2, 0.25) is 0 Å². The Morgan fingerprint density at radius 1 is 0.828 bits per heavy atom. The average molecular weight is 404 g/mol. The lowest BCUT2D eigenvalue weighted by Crippen LogP contribution is -2.18. The van der Waals surface area contributed by atoms with E-state index in [1.165, 1.54) is 70.6 Å². The number of nitrogens with one attached hydrogen (secondary N) is 1. The van der Waals surface area contributed by atoms with E-state index in [4.69, 9.17) is 4.74 Å². The van der Waals surface area contributed by atoms with Crippen LogP contribution in [-0.2, 0) is 9.53 Å². The van der Waals surface area contributed by atoms with Gasteiger partial charge in [-0.3, -0.25) is 4.79 Å². The molecule has 0 saturated heterocycles. The van der Waals surface area contributed by atoms with Crippen molar-refractivity contribution in [1.29, 1.82) is 0 Å². The number of hydrogen-bond donors (Lipinski definition) is 1. The van der Waals surface area contributed by atoms with E-state index in [0.29, 0.717) is 12.2 Å². The first-order valence-electron chi connectivity index (χ1n) is 11.6. The molecule has 164 valence electrons. The molecule has 29 heavy (non-hydrogen) atoms. The van der Waals surface area contributed by atoms with E-state index >= 15 is 0 Å². The molecule has 1 N–H and O–H groups in total. The van der Waals surface area contributed by atoms with Crippen molar-refractivity contribution < 1.29 is 14.3 Å². The topological polar surface area (TPSA) is 55.4 Å². The third-order valence-electron chi connectivity index (χ3n) is 5.42. The smallest absolute Gasteiger partial charge is 0.379 e. The summed E-state index contributed by atoms with van der Waals surface area (Å²) in [5.74, 6) is -1.31. The highest BCUT2D eigenvalue weighted by Crippen LogP contribution is 2.17. The van der Waals surface area contributed by atoms with E-state index in [1.807, 2.05) is 20.0 Å². The summed E-state index contributed by atoms with van der Waals surface area (Å²) in [6.07, 6.45) is 16.6. The Kier molecular flexibility index (Phi) is 13.9. The summed E-state index contributed by atoms with van der Waals surface area (Å²) in [5, 5.41) is 3.04. The first-order valence-corrected chi connectivity index (χ1v) is 11.6. The lowest BCUT2D eigenvalue weighted by molar-refractivity contribution is -0.138. The molecule has 0 spiro atoms. The summed E-state index contributed by atoms with van der Waals surface area (Å²) in [4.78, 5) is 24.1. The summed E-state index contributed by atoms with van der Waals surface area (Å²) in [6.45, 7) is 4.49. The number of ketones is 1. The fraction of sp³-hybridized carbons (Fsp3) is 0.680. The van der Waals surface area contributed by atoms with E-state index in [-0.39, 0.29) is 0 Å². The molecule has 1 rings (SSSR count). The van der Waals surface area contributed by atoms with Crippen molar-refractivity contribution in [2.45, 2.75) is 97.3 Å². The van der Waals surface area contributed by atoms with Crippen molar-refractivity contribution >= 4 is 17.4 Å². The van der Waals surface area contributed by atoms with Gasteiger partial charge in [-0.05, 0) is 37.1 Å². The Hall–Kier alpha value is -1.84. The second-order valence-electron chi connectivity index (χ2n) is 7.99. The largest absolute Gasteiger partial charge is 0.460 e. The van der Waals surface area contributed by atoms with Crippen LogP contribution in [0.25, 0.3) is 0 Å². The van der Waals surface area contributed by atoms with E-state index < -0.39 is 11.8 Å². The molecule has 0 aromatic heterocycles. The number of rotatable bonds is 17. The van der Waals surface area contributed by atoms with Crippen LogP contribution >= 0.6 is 0 Å². The predicted octanol–water partition coefficient (Wildman–Crippen LogP) is 6.85. The van der Waals surface area contributed by atoms with E-state index in [0.717, 1.165) is 24.1 Å². The number of aryl methyl sites for hydroxylation is 1. The van der Waals surface area contributed by atoms with Gasteiger partial charge in [0.15, 0.2) is 0 Å². The summed E-state index contributed by atoms with van der Waals surface area (Å²) >= 11 is 0. The van der Waals surface area contributed by atoms with Crippen LogP contribution in [0.15, 0.2) is 18.2 Å². The highest BCUT2D eigenvalue weighted by Gasteiger charge is 2.18. The number of carbonyl (C=O) groups excluding carboxylic acids is 2. The molecule has 0 bridgehead atoms. The van der Waals surface area contributed by atoms with Crippen molar-refractivity contribution in [3.8, 4) is 0 Å². The highest BCUT2D eigenvalue weighted by molar-refractivity contribution is 6.40. The molecule has 0 amide bonds. The number of ether oxygens (including phenoxy) is 1. The quantitative estimate of drug-likeness (QED) is 0.134. The van der Waals surface area contributed by atoms with Crippen LogP contribution in [0.1, 0.15) is 106 Å². The van der Waals surface area contributed by atoms with Gasteiger partial charge in [0.2, 0.25) is 0 Å². The Balaban J connectivity index is 2.01. The normalized spacial score (nSPS) is 10.7. The third-order valence-corrected chi connectivity index (χ3v) is 5.42. The number of benzene rings is 1. The number of hydrogen-bond acceptors (Lipinski definition) is 4. The average Bonchev–Trinajstić information content (AvgIpc) is 2.73. The molecule has 0 unspecified atom stereocenters. The third kappa shape index (κ3) is 11.1. The monoisotopic (exact) mass is 403 g/mol. The lowest BCUT2D eigenvalue weighted by atomic mass is 10.0. The Morgan fingerprint density at radius 3 is 1.83 bits per heavy atom. The molecule has 0 atom stereocenters. The standard InChI is InChI=1S/C25H41NO3/c1-4-5-6-7-8-9-10-11-12-13-14-15-16-19-29-25(28)24(27)22-17-18-23(26-3)21(2)20-22/h17-18,20,26H,4-16,19H2,1-3H3. The van der Waals surface area contributed by atoms with Crippen molar-refractivity contribution in [1.82, 2.24) is 0 Å². The van der Waals surface area contributed by atoms with Gasteiger partial charge in [0.1, 0.15) is 0 Å². The summed E-state index contributed by atoms with van der Waals surface area (Å²) in [5.41, 5.74) is 2.27. The molecule has 1 aromatic carbocycles. The second kappa shape index (κ2) is 16.0. The van der Waals surface area contributed by atoms with Crippen LogP contribution in [-0.4, -0.2) is 25.4 Å². The Bertz CT molecular complexity index is 598. The Morgan fingerprint density at radius 2 is 1.34 bits per heavy atom. The minimum Gasteiger partial charge on any atom is -0.460 e. The van der Waals surface area contributed by atoms with E-state index in [2.05, 4.69) is 12.2 Å². The van der Waals surface area contributed by atoms with Crippen molar-refractivity contribution in [3.05, 3.63) is 29.3 Å². The maximum atomic E-state index is 12.2. The maximum Gasteiger partial charge on any atom is 0.379 e. The van der Waals surface area contributed by atoms with Crippen molar-refractivity contribution in [2.75, 3.05) is 19.0 Å². The minimum atomic E-state index is -0.749. The van der Waals surface area contributed by atoms with Gasteiger partial charge in [0.05, 0.1) is 6.61 Å². The zero-order valence-corrected chi connectivity index (χ0v) is 18.9. The SMILES string of the molecule is CCCCCCCCCCCCCCCOC(=O)C(=O)c1ccc(NC)c(C)c1. The molecule has 0 aliphatic carbocycles. The van der Waals surface area contributed by atoms with Gasteiger partial charge in [-0.1, -0.05) is 84.0 Å². The van der Waals surface area contributed by atoms with Gasteiger partial charge < -0.3 is 10.1 Å². The van der Waals surface area contributed by atoms with Gasteiger partial charge in [0.25, 0.3) is 5.78 Å². The van der Waals surface area contributed by atoms with Crippen LogP contribution in [0.4, 0.5) is 5.69 Å². The molecule has 0 aliphatic heterocycles. The summed E-state index contributed by atoms with van der Waals surface area (Å²) in [6, 6.07) is 5.19. The van der Waals surface area contributed by atoms with Crippen LogP contribution in [0.5, 0.6) is 0 Å². The van der Waals surface area contributed by atoms with Gasteiger partial charge in [-0.15, -0.1) is 0 Å². The maximum absolute atomic E-state index is 12.2. The van der Waals surface area contributed by atoms with E-state index in [1.54, 1.807) is 12.1 Å². The molecule has 0 aliphatic rings. The molecule has 0 saturated carbocycles. The molecular weight excluding hydrogens is 362 g/mol. The zero-order valence-electron chi connectivity index (χ0n) is 18.9. The molecule has 0 heterocycles. The van der Waals surface area contributed by atoms with Gasteiger partial charge in [-0.2, -0.15) is 0 Å². The van der Waals surface area contributed by atoms with Crippen LogP contribution in [0.3, 0.4) is 0 Å². The second-order valence-corrected chi connectivity index (χ2v) is 7.99. The van der Waals surface area contributed by atoms with Crippen LogP contribution in [0, 0.1) is 6.92 Å². The van der Waals surface area contributed by atoms with Gasteiger partial charge >= 0.3 is 5.97 Å². The zero-order chi connectivity index (χ0) is 21.3. The van der Waals surface area contributed by atoms with Crippen molar-refractivity contribution in [3.63, 3.8) is 0 Å². The Labute approximate surface area is 177 Å². The number of esters is 1. The first-order chi connectivity index (χ1) is 14.1. The predicted molar refractivity (Wildman–Crippen MR) is 122 cm³/mol. The molecular formula is C25H41NO3. The number of unbranched alkanes of at least 4 members (excludes halogenated alkanes) is 12. The lowest BCUT2D eigenvalue weighted by Gasteiger charge is -2.08. The van der Waals surface area contributed by atoms with Gasteiger partial charge in [-0.25, -0.2) is 4.79 Å². The summed E-state index contributed by atoms with van der Waals surface area (Å²) in [7, 11) is 1.83. The fourth-order valence-corrected chi connectivity index (χ4v) is 3.55. The molecule has 0 fully saturated rings. The molecule has 1 aromatic rings. The first kappa shape index (κ1) is 25.2. The fourth-order valence-electron chi connectivity index (χ4n) is 3.55. The molecule has 4 nitrogen and oxygen atoms in total. The molecule has 4 heteroatoms. The van der Waals surface area contributed by atoms with Crippen LogP contribution < -0.4 is 5.32 Å². The van der Waals surface area contributed by atoms with E-state index in [9.17, 15) is 9.59 Å². The number of anilines is 1. The number of carbonyl (C=O) groups is 2. The molecule has 0 radical (unpaired) electrons. The minimum absolute atomic E-state index is 0.329. The van der Waals surface area contributed by atoms with Gasteiger partial charge in [0, 0.05) is 18.3 Å². The summed E-state index contributed by atoms with van der Waals surface area (Å²) < 4.78 is 5.15. The number of Topliss-reactive ketones (excluding diaryl/α,β-unsaturated/α-hetero) is 1. The van der Waals surface area contributed by atoms with Crippen molar-refractivity contribution in [2.24, 2.45) is 0 Å². The highest BCUT2D eigenvalue weighted by atomic mass is 16.5.